The molecule has 0 amide bonds. The van der Waals surface area contributed by atoms with Gasteiger partial charge in [-0.25, -0.2) is 0 Å². The minimum absolute atomic E-state index is 0.100. The summed E-state index contributed by atoms with van der Waals surface area (Å²) in [6, 6.07) is 13.5. The third kappa shape index (κ3) is 4.12. The highest BCUT2D eigenvalue weighted by atomic mass is 79.9. The van der Waals surface area contributed by atoms with Gasteiger partial charge in [-0.2, -0.15) is 0 Å². The molecule has 0 aromatic heterocycles. The summed E-state index contributed by atoms with van der Waals surface area (Å²) in [5.74, 6) is 0. The van der Waals surface area contributed by atoms with Crippen LogP contribution >= 0.6 is 15.9 Å². The van der Waals surface area contributed by atoms with Crippen LogP contribution in [-0.2, 0) is 19.5 Å². The predicted molar refractivity (Wildman–Crippen MR) is 87.2 cm³/mol. The van der Waals surface area contributed by atoms with Crippen molar-refractivity contribution in [2.24, 2.45) is 0 Å². The van der Waals surface area contributed by atoms with Crippen molar-refractivity contribution in [3.05, 3.63) is 73.7 Å². The van der Waals surface area contributed by atoms with Gasteiger partial charge in [-0.1, -0.05) is 37.3 Å². The highest BCUT2D eigenvalue weighted by Gasteiger charge is 2.12. The summed E-state index contributed by atoms with van der Waals surface area (Å²) in [5.41, 5.74) is 3.60. The van der Waals surface area contributed by atoms with E-state index in [4.69, 9.17) is 0 Å². The van der Waals surface area contributed by atoms with Gasteiger partial charge in [0.25, 0.3) is 5.69 Å². The van der Waals surface area contributed by atoms with Crippen LogP contribution in [0.3, 0.4) is 0 Å². The van der Waals surface area contributed by atoms with E-state index in [1.807, 2.05) is 18.2 Å². The van der Waals surface area contributed by atoms with Gasteiger partial charge in [-0.3, -0.25) is 10.1 Å². The van der Waals surface area contributed by atoms with Crippen LogP contribution < -0.4 is 5.32 Å². The molecular weight excluding hydrogens is 332 g/mol. The number of nitrogens with zero attached hydrogens (tertiary/aromatic N) is 1. The van der Waals surface area contributed by atoms with E-state index in [9.17, 15) is 10.1 Å². The third-order valence-corrected chi connectivity index (χ3v) is 4.02. The molecule has 2 aromatic rings. The standard InChI is InChI=1S/C16H17BrN2O2/c1-2-13-5-3-4-6-14(13)11-18-10-12-7-8-15(17)16(9-12)19(20)21/h3-9,18H,2,10-11H2,1H3. The second-order valence-electron chi connectivity index (χ2n) is 4.77. The lowest BCUT2D eigenvalue weighted by Crippen LogP contribution is -2.14. The Morgan fingerprint density at radius 2 is 1.86 bits per heavy atom. The van der Waals surface area contributed by atoms with Gasteiger partial charge in [-0.15, -0.1) is 0 Å². The average Bonchev–Trinajstić information content (AvgIpc) is 2.49. The van der Waals surface area contributed by atoms with Crippen molar-refractivity contribution >= 4 is 21.6 Å². The molecular formula is C16H17BrN2O2. The summed E-state index contributed by atoms with van der Waals surface area (Å²) in [7, 11) is 0. The van der Waals surface area contributed by atoms with Gasteiger partial charge in [0.1, 0.15) is 0 Å². The Morgan fingerprint density at radius 3 is 2.52 bits per heavy atom. The van der Waals surface area contributed by atoms with Crippen molar-refractivity contribution in [1.82, 2.24) is 5.32 Å². The lowest BCUT2D eigenvalue weighted by molar-refractivity contribution is -0.385. The molecule has 0 fully saturated rings. The molecule has 5 heteroatoms. The molecule has 0 spiro atoms. The summed E-state index contributed by atoms with van der Waals surface area (Å²) in [6.45, 7) is 3.50. The molecule has 0 bridgehead atoms. The molecule has 2 rings (SSSR count). The van der Waals surface area contributed by atoms with Gasteiger partial charge in [0.15, 0.2) is 0 Å². The summed E-state index contributed by atoms with van der Waals surface area (Å²) in [5, 5.41) is 14.2. The third-order valence-electron chi connectivity index (χ3n) is 3.35. The maximum absolute atomic E-state index is 10.9. The topological polar surface area (TPSA) is 55.2 Å². The number of nitro groups is 1. The number of halogens is 1. The van der Waals surface area contributed by atoms with Crippen LogP contribution in [0.4, 0.5) is 5.69 Å². The summed E-state index contributed by atoms with van der Waals surface area (Å²) >= 11 is 3.19. The van der Waals surface area contributed by atoms with Crippen LogP contribution in [0.25, 0.3) is 0 Å². The molecule has 0 atom stereocenters. The molecule has 0 aliphatic carbocycles. The van der Waals surface area contributed by atoms with Gasteiger partial charge in [-0.05, 0) is 45.1 Å². The molecule has 4 nitrogen and oxygen atoms in total. The largest absolute Gasteiger partial charge is 0.309 e. The molecule has 0 aliphatic rings. The molecule has 2 aromatic carbocycles. The zero-order valence-electron chi connectivity index (χ0n) is 11.8. The van der Waals surface area contributed by atoms with Crippen LogP contribution in [0.5, 0.6) is 0 Å². The highest BCUT2D eigenvalue weighted by Crippen LogP contribution is 2.25. The second kappa shape index (κ2) is 7.33. The van der Waals surface area contributed by atoms with Crippen LogP contribution in [0.2, 0.25) is 0 Å². The van der Waals surface area contributed by atoms with Crippen molar-refractivity contribution in [2.75, 3.05) is 0 Å². The van der Waals surface area contributed by atoms with E-state index >= 15 is 0 Å². The Kier molecular flexibility index (Phi) is 5.47. The number of hydrogen-bond donors (Lipinski definition) is 1. The smallest absolute Gasteiger partial charge is 0.283 e. The Balaban J connectivity index is 2.00. The minimum Gasteiger partial charge on any atom is -0.309 e. The first-order valence-electron chi connectivity index (χ1n) is 6.82. The van der Waals surface area contributed by atoms with Gasteiger partial charge >= 0.3 is 0 Å². The molecule has 0 radical (unpaired) electrons. The summed E-state index contributed by atoms with van der Waals surface area (Å²) < 4.78 is 0.507. The first-order valence-corrected chi connectivity index (χ1v) is 7.61. The van der Waals surface area contributed by atoms with Gasteiger partial charge < -0.3 is 5.32 Å². The van der Waals surface area contributed by atoms with Crippen molar-refractivity contribution in [3.8, 4) is 0 Å². The fraction of sp³-hybridized carbons (Fsp3) is 0.250. The van der Waals surface area contributed by atoms with E-state index in [1.54, 1.807) is 12.1 Å². The maximum atomic E-state index is 10.9. The molecule has 0 saturated heterocycles. The zero-order valence-corrected chi connectivity index (χ0v) is 13.4. The Hall–Kier alpha value is -1.72. The molecule has 0 unspecified atom stereocenters. The Bertz CT molecular complexity index is 644. The molecule has 0 heterocycles. The van der Waals surface area contributed by atoms with Crippen molar-refractivity contribution < 1.29 is 4.92 Å². The number of nitro benzene ring substituents is 1. The SMILES string of the molecule is CCc1ccccc1CNCc1ccc(Br)c([N+](=O)[O-])c1. The monoisotopic (exact) mass is 348 g/mol. The summed E-state index contributed by atoms with van der Waals surface area (Å²) in [6.07, 6.45) is 1.00. The van der Waals surface area contributed by atoms with Crippen LogP contribution in [0.15, 0.2) is 46.9 Å². The van der Waals surface area contributed by atoms with E-state index < -0.39 is 0 Å². The van der Waals surface area contributed by atoms with E-state index in [-0.39, 0.29) is 10.6 Å². The molecule has 0 aliphatic heterocycles. The lowest BCUT2D eigenvalue weighted by atomic mass is 10.1. The fourth-order valence-corrected chi connectivity index (χ4v) is 2.62. The van der Waals surface area contributed by atoms with E-state index in [0.29, 0.717) is 11.0 Å². The molecule has 1 N–H and O–H groups in total. The number of benzene rings is 2. The minimum atomic E-state index is -0.375. The fourth-order valence-electron chi connectivity index (χ4n) is 2.22. The molecule has 21 heavy (non-hydrogen) atoms. The second-order valence-corrected chi connectivity index (χ2v) is 5.62. The number of hydrogen-bond acceptors (Lipinski definition) is 3. The van der Waals surface area contributed by atoms with Gasteiger partial charge in [0.2, 0.25) is 0 Å². The molecule has 110 valence electrons. The quantitative estimate of drug-likeness (QED) is 0.628. The average molecular weight is 349 g/mol. The zero-order chi connectivity index (χ0) is 15.2. The van der Waals surface area contributed by atoms with Crippen molar-refractivity contribution in [1.29, 1.82) is 0 Å². The van der Waals surface area contributed by atoms with Gasteiger partial charge in [0, 0.05) is 19.2 Å². The first kappa shape index (κ1) is 15.7. The van der Waals surface area contributed by atoms with E-state index in [0.717, 1.165) is 18.5 Å². The number of nitrogens with one attached hydrogen (secondary N) is 1. The number of rotatable bonds is 6. The van der Waals surface area contributed by atoms with Crippen LogP contribution in [0, 0.1) is 10.1 Å². The summed E-state index contributed by atoms with van der Waals surface area (Å²) in [4.78, 5) is 10.5. The maximum Gasteiger partial charge on any atom is 0.283 e. The first-order chi connectivity index (χ1) is 10.1. The number of aryl methyl sites for hydroxylation is 1. The van der Waals surface area contributed by atoms with E-state index in [1.165, 1.54) is 11.1 Å². The van der Waals surface area contributed by atoms with Gasteiger partial charge in [0.05, 0.1) is 9.40 Å². The Morgan fingerprint density at radius 1 is 1.14 bits per heavy atom. The van der Waals surface area contributed by atoms with Crippen molar-refractivity contribution in [2.45, 2.75) is 26.4 Å². The lowest BCUT2D eigenvalue weighted by Gasteiger charge is -2.09. The van der Waals surface area contributed by atoms with Crippen molar-refractivity contribution in [3.63, 3.8) is 0 Å². The van der Waals surface area contributed by atoms with E-state index in [2.05, 4.69) is 40.3 Å². The predicted octanol–water partition coefficient (Wildman–Crippen LogP) is 4.21. The Labute approximate surface area is 132 Å². The normalized spacial score (nSPS) is 10.6. The molecule has 0 saturated carbocycles. The highest BCUT2D eigenvalue weighted by molar-refractivity contribution is 9.10. The van der Waals surface area contributed by atoms with Crippen LogP contribution in [0.1, 0.15) is 23.6 Å². The van der Waals surface area contributed by atoms with Crippen LogP contribution in [-0.4, -0.2) is 4.92 Å².